The Hall–Kier alpha value is -3.03. The lowest BCUT2D eigenvalue weighted by molar-refractivity contribution is -0.146. The van der Waals surface area contributed by atoms with Gasteiger partial charge in [0.25, 0.3) is 5.91 Å². The van der Waals surface area contributed by atoms with Gasteiger partial charge in [-0.15, -0.1) is 0 Å². The lowest BCUT2D eigenvalue weighted by Crippen LogP contribution is -2.22. The van der Waals surface area contributed by atoms with Crippen molar-refractivity contribution in [3.05, 3.63) is 35.6 Å². The number of nitrogens with zero attached hydrogens (tertiary/aromatic N) is 1. The summed E-state index contributed by atoms with van der Waals surface area (Å²) in [7, 11) is 0. The van der Waals surface area contributed by atoms with Gasteiger partial charge in [0.2, 0.25) is 0 Å². The Kier molecular flexibility index (Phi) is 4.64. The first-order valence-corrected chi connectivity index (χ1v) is 7.37. The van der Waals surface area contributed by atoms with Gasteiger partial charge in [0.1, 0.15) is 19.0 Å². The van der Waals surface area contributed by atoms with E-state index in [0.29, 0.717) is 30.5 Å². The van der Waals surface area contributed by atoms with Gasteiger partial charge in [-0.1, -0.05) is 11.2 Å². The summed E-state index contributed by atoms with van der Waals surface area (Å²) < 4.78 is 20.6. The summed E-state index contributed by atoms with van der Waals surface area (Å²) in [6, 6.07) is 6.80. The van der Waals surface area contributed by atoms with E-state index in [1.54, 1.807) is 31.2 Å². The van der Waals surface area contributed by atoms with E-state index in [9.17, 15) is 9.59 Å². The molecule has 2 heterocycles. The molecule has 3 rings (SSSR count). The zero-order valence-corrected chi connectivity index (χ0v) is 13.0. The summed E-state index contributed by atoms with van der Waals surface area (Å²) in [5, 5.41) is 6.08. The van der Waals surface area contributed by atoms with Gasteiger partial charge in [-0.25, -0.2) is 0 Å². The molecule has 0 unspecified atom stereocenters. The van der Waals surface area contributed by atoms with Crippen molar-refractivity contribution in [1.29, 1.82) is 0 Å². The van der Waals surface area contributed by atoms with Gasteiger partial charge in [-0.3, -0.25) is 9.59 Å². The predicted molar refractivity (Wildman–Crippen MR) is 82.0 cm³/mol. The Morgan fingerprint density at radius 1 is 1.21 bits per heavy atom. The summed E-state index contributed by atoms with van der Waals surface area (Å²) in [6.45, 7) is 2.29. The molecule has 8 nitrogen and oxygen atoms in total. The fourth-order valence-electron chi connectivity index (χ4n) is 2.17. The molecule has 0 aliphatic carbocycles. The van der Waals surface area contributed by atoms with Crippen LogP contribution in [0.3, 0.4) is 0 Å². The predicted octanol–water partition coefficient (Wildman–Crippen LogP) is 1.48. The molecule has 8 heteroatoms. The third-order valence-electron chi connectivity index (χ3n) is 3.21. The number of rotatable bonds is 5. The van der Waals surface area contributed by atoms with Crippen molar-refractivity contribution in [2.45, 2.75) is 13.3 Å². The molecule has 1 amide bonds. The standard InChI is InChI=1S/C16H16N2O6/c1-10-6-14(18-24-10)17-15(19)9-23-16(20)8-11-2-3-12-13(7-11)22-5-4-21-12/h2-3,6-7H,4-5,8-9H2,1H3,(H,17,18,19). The molecule has 0 atom stereocenters. The van der Waals surface area contributed by atoms with Crippen molar-refractivity contribution in [2.75, 3.05) is 25.1 Å². The summed E-state index contributed by atoms with van der Waals surface area (Å²) in [6.07, 6.45) is 0.0347. The first-order chi connectivity index (χ1) is 11.6. The summed E-state index contributed by atoms with van der Waals surface area (Å²) in [4.78, 5) is 23.5. The number of hydrogen-bond donors (Lipinski definition) is 1. The minimum absolute atomic E-state index is 0.0347. The molecule has 2 aromatic rings. The molecule has 0 spiro atoms. The van der Waals surface area contributed by atoms with Crippen LogP contribution in [0.1, 0.15) is 11.3 Å². The number of esters is 1. The molecule has 1 aliphatic rings. The van der Waals surface area contributed by atoms with E-state index in [0.717, 1.165) is 5.56 Å². The second-order valence-electron chi connectivity index (χ2n) is 5.19. The van der Waals surface area contributed by atoms with Gasteiger partial charge in [-0.2, -0.15) is 0 Å². The van der Waals surface area contributed by atoms with E-state index in [1.165, 1.54) is 0 Å². The van der Waals surface area contributed by atoms with Gasteiger partial charge in [-0.05, 0) is 24.6 Å². The topological polar surface area (TPSA) is 99.9 Å². The lowest BCUT2D eigenvalue weighted by atomic mass is 10.1. The largest absolute Gasteiger partial charge is 0.486 e. The van der Waals surface area contributed by atoms with Gasteiger partial charge >= 0.3 is 5.97 Å². The first kappa shape index (κ1) is 15.9. The SMILES string of the molecule is Cc1cc(NC(=O)COC(=O)Cc2ccc3c(c2)OCCO3)no1. The third-order valence-corrected chi connectivity index (χ3v) is 3.21. The minimum atomic E-state index is -0.516. The van der Waals surface area contributed by atoms with Crippen molar-refractivity contribution >= 4 is 17.7 Å². The normalized spacial score (nSPS) is 12.5. The van der Waals surface area contributed by atoms with Crippen LogP contribution in [0.15, 0.2) is 28.8 Å². The molecule has 0 bridgehead atoms. The van der Waals surface area contributed by atoms with Crippen molar-refractivity contribution < 1.29 is 28.3 Å². The van der Waals surface area contributed by atoms with Gasteiger partial charge in [0.15, 0.2) is 23.9 Å². The summed E-state index contributed by atoms with van der Waals surface area (Å²) in [5.74, 6) is 1.10. The Bertz CT molecular complexity index is 755. The van der Waals surface area contributed by atoms with Crippen molar-refractivity contribution in [3.63, 3.8) is 0 Å². The van der Waals surface area contributed by atoms with E-state index in [4.69, 9.17) is 18.7 Å². The number of ether oxygens (including phenoxy) is 3. The molecular formula is C16H16N2O6. The summed E-state index contributed by atoms with van der Waals surface area (Å²) in [5.41, 5.74) is 0.719. The maximum atomic E-state index is 11.8. The third kappa shape index (κ3) is 4.03. The fraction of sp³-hybridized carbons (Fsp3) is 0.312. The van der Waals surface area contributed by atoms with Gasteiger partial charge in [0.05, 0.1) is 6.42 Å². The number of anilines is 1. The van der Waals surface area contributed by atoms with Crippen LogP contribution in [-0.2, 0) is 20.7 Å². The zero-order chi connectivity index (χ0) is 16.9. The van der Waals surface area contributed by atoms with E-state index in [-0.39, 0.29) is 12.2 Å². The highest BCUT2D eigenvalue weighted by molar-refractivity contribution is 5.92. The highest BCUT2D eigenvalue weighted by Crippen LogP contribution is 2.30. The average molecular weight is 332 g/mol. The van der Waals surface area contributed by atoms with Crippen molar-refractivity contribution in [1.82, 2.24) is 5.16 Å². The number of aryl methyl sites for hydroxylation is 1. The van der Waals surface area contributed by atoms with Crippen LogP contribution in [0.25, 0.3) is 0 Å². The molecule has 126 valence electrons. The Morgan fingerprint density at radius 2 is 2.00 bits per heavy atom. The van der Waals surface area contributed by atoms with E-state index in [1.807, 2.05) is 0 Å². The molecule has 1 N–H and O–H groups in total. The Morgan fingerprint density at radius 3 is 2.75 bits per heavy atom. The van der Waals surface area contributed by atoms with Crippen LogP contribution in [0.2, 0.25) is 0 Å². The highest BCUT2D eigenvalue weighted by atomic mass is 16.6. The average Bonchev–Trinajstić information content (AvgIpc) is 2.98. The number of aromatic nitrogens is 1. The van der Waals surface area contributed by atoms with Crippen LogP contribution in [-0.4, -0.2) is 36.9 Å². The molecule has 0 fully saturated rings. The van der Waals surface area contributed by atoms with Crippen molar-refractivity contribution in [3.8, 4) is 11.5 Å². The Balaban J connectivity index is 1.48. The maximum Gasteiger partial charge on any atom is 0.310 e. The number of carbonyl (C=O) groups excluding carboxylic acids is 2. The second kappa shape index (κ2) is 7.03. The van der Waals surface area contributed by atoms with E-state index in [2.05, 4.69) is 10.5 Å². The molecule has 24 heavy (non-hydrogen) atoms. The number of nitrogens with one attached hydrogen (secondary N) is 1. The van der Waals surface area contributed by atoms with Gasteiger partial charge < -0.3 is 24.1 Å². The number of hydrogen-bond acceptors (Lipinski definition) is 7. The van der Waals surface area contributed by atoms with Gasteiger partial charge in [0, 0.05) is 6.07 Å². The first-order valence-electron chi connectivity index (χ1n) is 7.37. The van der Waals surface area contributed by atoms with Crippen molar-refractivity contribution in [2.24, 2.45) is 0 Å². The van der Waals surface area contributed by atoms with Crippen LogP contribution < -0.4 is 14.8 Å². The fourth-order valence-corrected chi connectivity index (χ4v) is 2.17. The number of benzene rings is 1. The molecule has 0 radical (unpaired) electrons. The zero-order valence-electron chi connectivity index (χ0n) is 13.0. The second-order valence-corrected chi connectivity index (χ2v) is 5.19. The number of fused-ring (bicyclic) bond motifs is 1. The number of carbonyl (C=O) groups is 2. The summed E-state index contributed by atoms with van der Waals surface area (Å²) >= 11 is 0. The quantitative estimate of drug-likeness (QED) is 0.828. The molecule has 0 saturated heterocycles. The molecule has 1 aliphatic heterocycles. The molecular weight excluding hydrogens is 316 g/mol. The van der Waals surface area contributed by atoms with Crippen LogP contribution in [0.5, 0.6) is 11.5 Å². The number of amides is 1. The van der Waals surface area contributed by atoms with E-state index < -0.39 is 18.5 Å². The van der Waals surface area contributed by atoms with Crippen LogP contribution in [0.4, 0.5) is 5.82 Å². The minimum Gasteiger partial charge on any atom is -0.486 e. The van der Waals surface area contributed by atoms with E-state index >= 15 is 0 Å². The maximum absolute atomic E-state index is 11.8. The Labute approximate surface area is 137 Å². The molecule has 1 aromatic carbocycles. The highest BCUT2D eigenvalue weighted by Gasteiger charge is 2.14. The molecule has 1 aromatic heterocycles. The van der Waals surface area contributed by atoms with Crippen LogP contribution in [0, 0.1) is 6.92 Å². The lowest BCUT2D eigenvalue weighted by Gasteiger charge is -2.18. The van der Waals surface area contributed by atoms with Crippen LogP contribution >= 0.6 is 0 Å². The smallest absolute Gasteiger partial charge is 0.310 e. The molecule has 0 saturated carbocycles. The monoisotopic (exact) mass is 332 g/mol.